The van der Waals surface area contributed by atoms with Crippen molar-refractivity contribution in [3.05, 3.63) is 53.7 Å². The molecule has 106 valence electrons. The van der Waals surface area contributed by atoms with Gasteiger partial charge in [0.1, 0.15) is 5.82 Å². The van der Waals surface area contributed by atoms with Gasteiger partial charge >= 0.3 is 0 Å². The van der Waals surface area contributed by atoms with Gasteiger partial charge in [0.15, 0.2) is 5.82 Å². The lowest BCUT2D eigenvalue weighted by molar-refractivity contribution is 0.626. The molecular formula is C14H16FN3OS. The smallest absolute Gasteiger partial charge is 0.164 e. The zero-order valence-corrected chi connectivity index (χ0v) is 12.4. The van der Waals surface area contributed by atoms with Gasteiger partial charge in [0, 0.05) is 30.4 Å². The summed E-state index contributed by atoms with van der Waals surface area (Å²) in [5.41, 5.74) is 1.73. The third kappa shape index (κ3) is 3.39. The lowest BCUT2D eigenvalue weighted by Crippen LogP contribution is -2.08. The SMILES string of the molecule is Cc1ccc(C(C)S(C)(=O)=Nc2cc(F)ccn2)cn1. The maximum absolute atomic E-state index is 13.1. The van der Waals surface area contributed by atoms with Gasteiger partial charge in [-0.25, -0.2) is 13.6 Å². The Hall–Kier alpha value is -1.82. The molecule has 0 aromatic carbocycles. The Morgan fingerprint density at radius 3 is 2.65 bits per heavy atom. The monoisotopic (exact) mass is 293 g/mol. The fourth-order valence-electron chi connectivity index (χ4n) is 1.68. The molecule has 0 aliphatic heterocycles. The maximum atomic E-state index is 13.1. The molecule has 0 radical (unpaired) electrons. The summed E-state index contributed by atoms with van der Waals surface area (Å²) in [5.74, 6) is -0.303. The van der Waals surface area contributed by atoms with Crippen molar-refractivity contribution in [2.24, 2.45) is 4.36 Å². The molecule has 4 nitrogen and oxygen atoms in total. The first-order valence-corrected chi connectivity index (χ1v) is 8.12. The van der Waals surface area contributed by atoms with E-state index >= 15 is 0 Å². The maximum Gasteiger partial charge on any atom is 0.164 e. The topological polar surface area (TPSA) is 55.2 Å². The van der Waals surface area contributed by atoms with Gasteiger partial charge in [0.05, 0.1) is 15.0 Å². The van der Waals surface area contributed by atoms with Crippen molar-refractivity contribution >= 4 is 15.5 Å². The van der Waals surface area contributed by atoms with E-state index in [1.807, 2.05) is 26.0 Å². The molecule has 0 aliphatic rings. The van der Waals surface area contributed by atoms with Crippen LogP contribution in [0.5, 0.6) is 0 Å². The molecule has 2 heterocycles. The lowest BCUT2D eigenvalue weighted by Gasteiger charge is -2.13. The molecule has 2 aromatic rings. The summed E-state index contributed by atoms with van der Waals surface area (Å²) in [5, 5.41) is -0.319. The standard InChI is InChI=1S/C14H16FN3OS/c1-10-4-5-12(9-17-10)11(2)20(3,19)18-14-8-13(15)6-7-16-14/h4-9,11H,1-3H3. The Kier molecular flexibility index (Phi) is 4.13. The molecule has 6 heteroatoms. The van der Waals surface area contributed by atoms with Gasteiger partial charge in [0.2, 0.25) is 0 Å². The molecule has 0 aliphatic carbocycles. The summed E-state index contributed by atoms with van der Waals surface area (Å²) in [7, 11) is -2.59. The summed E-state index contributed by atoms with van der Waals surface area (Å²) in [6.45, 7) is 3.70. The van der Waals surface area contributed by atoms with Crippen molar-refractivity contribution in [2.45, 2.75) is 19.1 Å². The molecule has 2 rings (SSSR count). The van der Waals surface area contributed by atoms with Gasteiger partial charge < -0.3 is 0 Å². The molecule has 20 heavy (non-hydrogen) atoms. The fraction of sp³-hybridized carbons (Fsp3) is 0.286. The number of halogens is 1. The van der Waals surface area contributed by atoms with Crippen LogP contribution in [0.3, 0.4) is 0 Å². The van der Waals surface area contributed by atoms with Gasteiger partial charge in [-0.3, -0.25) is 4.98 Å². The van der Waals surface area contributed by atoms with Crippen molar-refractivity contribution in [1.29, 1.82) is 0 Å². The normalized spacial score (nSPS) is 15.4. The second kappa shape index (κ2) is 5.66. The van der Waals surface area contributed by atoms with Crippen molar-refractivity contribution < 1.29 is 8.60 Å². The Morgan fingerprint density at radius 1 is 1.30 bits per heavy atom. The third-order valence-electron chi connectivity index (χ3n) is 3.04. The van der Waals surface area contributed by atoms with Crippen LogP contribution < -0.4 is 0 Å². The predicted octanol–water partition coefficient (Wildman–Crippen LogP) is 3.41. The van der Waals surface area contributed by atoms with Crippen LogP contribution in [0.25, 0.3) is 0 Å². The van der Waals surface area contributed by atoms with E-state index in [0.717, 1.165) is 11.3 Å². The number of aryl methyl sites for hydroxylation is 1. The van der Waals surface area contributed by atoms with E-state index in [9.17, 15) is 8.60 Å². The highest BCUT2D eigenvalue weighted by Gasteiger charge is 2.16. The molecule has 2 aromatic heterocycles. The zero-order valence-electron chi connectivity index (χ0n) is 11.6. The number of rotatable bonds is 3. The minimum absolute atomic E-state index is 0.143. The summed E-state index contributed by atoms with van der Waals surface area (Å²) < 4.78 is 29.9. The van der Waals surface area contributed by atoms with Gasteiger partial charge in [0.25, 0.3) is 0 Å². The molecule has 0 bridgehead atoms. The quantitative estimate of drug-likeness (QED) is 0.871. The molecule has 0 spiro atoms. The highest BCUT2D eigenvalue weighted by atomic mass is 32.2. The van der Waals surface area contributed by atoms with Crippen molar-refractivity contribution in [2.75, 3.05) is 6.26 Å². The first kappa shape index (κ1) is 14.6. The number of pyridine rings is 2. The van der Waals surface area contributed by atoms with Crippen molar-refractivity contribution in [3.8, 4) is 0 Å². The molecule has 0 fully saturated rings. The first-order chi connectivity index (χ1) is 9.38. The highest BCUT2D eigenvalue weighted by molar-refractivity contribution is 7.93. The van der Waals surface area contributed by atoms with Crippen LogP contribution in [0.4, 0.5) is 10.2 Å². The van der Waals surface area contributed by atoms with E-state index in [2.05, 4.69) is 14.3 Å². The van der Waals surface area contributed by atoms with Crippen molar-refractivity contribution in [1.82, 2.24) is 9.97 Å². The molecule has 0 saturated carbocycles. The summed E-state index contributed by atoms with van der Waals surface area (Å²) in [6, 6.07) is 6.14. The largest absolute Gasteiger partial charge is 0.261 e. The third-order valence-corrected chi connectivity index (χ3v) is 5.18. The van der Waals surface area contributed by atoms with Gasteiger partial charge in [-0.15, -0.1) is 0 Å². The average molecular weight is 293 g/mol. The second-order valence-corrected chi connectivity index (χ2v) is 7.27. The second-order valence-electron chi connectivity index (χ2n) is 4.66. The Labute approximate surface area is 118 Å². The van der Waals surface area contributed by atoms with E-state index in [1.165, 1.54) is 18.3 Å². The van der Waals surface area contributed by atoms with Crippen LogP contribution >= 0.6 is 0 Å². The summed E-state index contributed by atoms with van der Waals surface area (Å²) in [4.78, 5) is 8.11. The number of hydrogen-bond donors (Lipinski definition) is 0. The first-order valence-electron chi connectivity index (χ1n) is 6.13. The number of nitrogens with zero attached hydrogens (tertiary/aromatic N) is 3. The Morgan fingerprint density at radius 2 is 2.05 bits per heavy atom. The van der Waals surface area contributed by atoms with Crippen LogP contribution in [0.15, 0.2) is 41.0 Å². The van der Waals surface area contributed by atoms with Gasteiger partial charge in [-0.05, 0) is 31.5 Å². The zero-order chi connectivity index (χ0) is 14.8. The minimum Gasteiger partial charge on any atom is -0.261 e. The minimum atomic E-state index is -2.59. The number of aromatic nitrogens is 2. The van der Waals surface area contributed by atoms with Crippen LogP contribution in [0.1, 0.15) is 23.4 Å². The van der Waals surface area contributed by atoms with Gasteiger partial charge in [-0.1, -0.05) is 6.07 Å². The average Bonchev–Trinajstić information content (AvgIpc) is 2.38. The Bertz CT molecular complexity index is 721. The van der Waals surface area contributed by atoms with E-state index < -0.39 is 15.5 Å². The summed E-state index contributed by atoms with van der Waals surface area (Å²) in [6.07, 6.45) is 4.55. The highest BCUT2D eigenvalue weighted by Crippen LogP contribution is 2.25. The van der Waals surface area contributed by atoms with Crippen LogP contribution in [0.2, 0.25) is 0 Å². The van der Waals surface area contributed by atoms with E-state index in [-0.39, 0.29) is 11.1 Å². The van der Waals surface area contributed by atoms with Gasteiger partial charge in [-0.2, -0.15) is 4.36 Å². The molecule has 0 amide bonds. The van der Waals surface area contributed by atoms with E-state index in [1.54, 1.807) is 12.5 Å². The van der Waals surface area contributed by atoms with E-state index in [4.69, 9.17) is 0 Å². The lowest BCUT2D eigenvalue weighted by atomic mass is 10.2. The van der Waals surface area contributed by atoms with Crippen LogP contribution in [-0.2, 0) is 9.73 Å². The van der Waals surface area contributed by atoms with Crippen LogP contribution in [0, 0.1) is 12.7 Å². The summed E-state index contributed by atoms with van der Waals surface area (Å²) >= 11 is 0. The predicted molar refractivity (Wildman–Crippen MR) is 77.7 cm³/mol. The molecule has 0 N–H and O–H groups in total. The van der Waals surface area contributed by atoms with Crippen LogP contribution in [-0.4, -0.2) is 20.4 Å². The molecular weight excluding hydrogens is 277 g/mol. The number of hydrogen-bond acceptors (Lipinski definition) is 4. The molecule has 2 unspecified atom stereocenters. The van der Waals surface area contributed by atoms with E-state index in [0.29, 0.717) is 0 Å². The van der Waals surface area contributed by atoms with Crippen molar-refractivity contribution in [3.63, 3.8) is 0 Å². The fourth-order valence-corrected chi connectivity index (χ4v) is 2.95. The molecule has 0 saturated heterocycles. The Balaban J connectivity index is 2.38. The molecule has 2 atom stereocenters.